The topological polar surface area (TPSA) is 6.48 Å². The average Bonchev–Trinajstić information content (AvgIpc) is 3.54. The molecule has 302 valence electrons. The highest BCUT2D eigenvalue weighted by Gasteiger charge is 2.47. The minimum absolute atomic E-state index is 0.0680. The maximum atomic E-state index is 2.59. The first-order valence-electron chi connectivity index (χ1n) is 22.7. The van der Waals surface area contributed by atoms with E-state index in [4.69, 9.17) is 0 Å². The van der Waals surface area contributed by atoms with Crippen LogP contribution in [0.3, 0.4) is 0 Å². The van der Waals surface area contributed by atoms with Crippen LogP contribution in [0, 0.1) is 5.92 Å². The average molecular weight is 801 g/mol. The minimum Gasteiger partial charge on any atom is -0.314 e. The van der Waals surface area contributed by atoms with Crippen molar-refractivity contribution in [2.75, 3.05) is 9.80 Å². The Hall–Kier alpha value is -6.64. The van der Waals surface area contributed by atoms with Crippen molar-refractivity contribution in [3.63, 3.8) is 0 Å². The third-order valence-corrected chi connectivity index (χ3v) is 15.1. The summed E-state index contributed by atoms with van der Waals surface area (Å²) in [5, 5.41) is 5.47. The highest BCUT2D eigenvalue weighted by molar-refractivity contribution is 5.91. The summed E-state index contributed by atoms with van der Waals surface area (Å²) in [6.07, 6.45) is 12.6. The van der Waals surface area contributed by atoms with E-state index in [1.54, 1.807) is 11.1 Å². The van der Waals surface area contributed by atoms with E-state index in [0.29, 0.717) is 5.92 Å². The first-order chi connectivity index (χ1) is 30.3. The summed E-state index contributed by atoms with van der Waals surface area (Å²) in [7, 11) is 0. The van der Waals surface area contributed by atoms with Gasteiger partial charge in [0.1, 0.15) is 0 Å². The van der Waals surface area contributed by atoms with Crippen LogP contribution < -0.4 is 20.2 Å². The molecule has 2 nitrogen and oxygen atoms in total. The lowest BCUT2D eigenvalue weighted by molar-refractivity contribution is 0.415. The number of rotatable bonds is 6. The smallest absolute Gasteiger partial charge is 0.0468 e. The third-order valence-electron chi connectivity index (χ3n) is 15.1. The fourth-order valence-electron chi connectivity index (χ4n) is 11.9. The lowest BCUT2D eigenvalue weighted by atomic mass is 9.62. The summed E-state index contributed by atoms with van der Waals surface area (Å²) >= 11 is 0. The van der Waals surface area contributed by atoms with Crippen molar-refractivity contribution in [3.05, 3.63) is 225 Å². The number of aryl methyl sites for hydroxylation is 1. The zero-order valence-corrected chi connectivity index (χ0v) is 36.3. The van der Waals surface area contributed by atoms with Crippen LogP contribution in [0.4, 0.5) is 28.4 Å². The Morgan fingerprint density at radius 3 is 2.03 bits per heavy atom. The van der Waals surface area contributed by atoms with E-state index in [1.807, 2.05) is 0 Å². The van der Waals surface area contributed by atoms with Crippen molar-refractivity contribution in [1.29, 1.82) is 0 Å². The molecule has 0 radical (unpaired) electrons. The molecule has 0 aliphatic heterocycles. The fraction of sp³-hybridized carbons (Fsp3) is 0.200. The van der Waals surface area contributed by atoms with E-state index in [-0.39, 0.29) is 10.8 Å². The van der Waals surface area contributed by atoms with Gasteiger partial charge in [-0.05, 0) is 181 Å². The number of allylic oxidation sites excluding steroid dienone is 5. The highest BCUT2D eigenvalue weighted by atomic mass is 15.2. The maximum absolute atomic E-state index is 2.59. The summed E-state index contributed by atoms with van der Waals surface area (Å²) in [6, 6.07) is 59.1. The van der Waals surface area contributed by atoms with Gasteiger partial charge in [-0.25, -0.2) is 0 Å². The number of para-hydroxylation sites is 2. The first-order valence-corrected chi connectivity index (χ1v) is 22.7. The maximum Gasteiger partial charge on any atom is 0.0468 e. The van der Waals surface area contributed by atoms with Gasteiger partial charge in [-0.3, -0.25) is 0 Å². The van der Waals surface area contributed by atoms with Crippen molar-refractivity contribution in [2.24, 2.45) is 5.92 Å². The number of hydrogen-bond donors (Lipinski definition) is 0. The lowest BCUT2D eigenvalue weighted by Crippen LogP contribution is -2.47. The summed E-state index contributed by atoms with van der Waals surface area (Å²) in [5.41, 5.74) is 20.5. The van der Waals surface area contributed by atoms with Gasteiger partial charge in [0.15, 0.2) is 0 Å². The zero-order chi connectivity index (χ0) is 41.7. The second-order valence-corrected chi connectivity index (χ2v) is 19.2. The van der Waals surface area contributed by atoms with Crippen molar-refractivity contribution >= 4 is 56.4 Å². The van der Waals surface area contributed by atoms with E-state index in [1.165, 1.54) is 94.3 Å². The van der Waals surface area contributed by atoms with E-state index >= 15 is 0 Å². The van der Waals surface area contributed by atoms with Gasteiger partial charge in [0.25, 0.3) is 0 Å². The van der Waals surface area contributed by atoms with Crippen LogP contribution in [0.1, 0.15) is 81.2 Å². The Bertz CT molecular complexity index is 3210. The molecule has 0 saturated carbocycles. The third kappa shape index (κ3) is 5.62. The highest BCUT2D eigenvalue weighted by Crippen LogP contribution is 2.56. The molecule has 7 aromatic carbocycles. The largest absolute Gasteiger partial charge is 0.314 e. The quantitative estimate of drug-likeness (QED) is 0.165. The number of fused-ring (bicyclic) bond motifs is 6. The summed E-state index contributed by atoms with van der Waals surface area (Å²) in [4.78, 5) is 4.98. The SMILES string of the molecule is CC1(C)C2=C(CCC(N(c3ccccc3)c3ccc4c(c3)C=CCC4)=C2)C2=c3c1cccc3=C1c3ccc(N(c4ccccc4)c4ccc5ccccc5c4)cc3C(C)(C)C1C2. The van der Waals surface area contributed by atoms with Gasteiger partial charge in [0, 0.05) is 39.5 Å². The molecule has 0 saturated heterocycles. The number of nitrogens with zero attached hydrogens (tertiary/aromatic N) is 2. The van der Waals surface area contributed by atoms with Gasteiger partial charge in [0.2, 0.25) is 0 Å². The zero-order valence-electron chi connectivity index (χ0n) is 36.3. The monoisotopic (exact) mass is 800 g/mol. The predicted molar refractivity (Wildman–Crippen MR) is 261 cm³/mol. The standard InChI is InChI=1S/C60H52N2/c1-59(2)53-25-15-24-51-57-50-33-31-48(62(44-22-9-6-10-23-44)46-29-27-40-17-12-14-19-42(40)35-46)37-55(50)60(3,4)56(57)38-52(58(51)53)49-32-30-47(36-54(49)59)61(43-20-7-5-8-21-43)45-28-26-39-16-11-13-18-41(39)34-45/h5-10,12-15,17-29,31,33-37,56H,11,16,30,32,38H2,1-4H3. The second-order valence-electron chi connectivity index (χ2n) is 19.2. The van der Waals surface area contributed by atoms with Gasteiger partial charge in [-0.2, -0.15) is 0 Å². The molecule has 0 heterocycles. The Kier molecular flexibility index (Phi) is 8.35. The van der Waals surface area contributed by atoms with Crippen LogP contribution in [-0.4, -0.2) is 0 Å². The van der Waals surface area contributed by atoms with Crippen LogP contribution in [0.5, 0.6) is 0 Å². The van der Waals surface area contributed by atoms with Crippen LogP contribution >= 0.6 is 0 Å². The lowest BCUT2D eigenvalue weighted by Gasteiger charge is -2.43. The van der Waals surface area contributed by atoms with Crippen LogP contribution in [0.25, 0.3) is 28.0 Å². The second kappa shape index (κ2) is 13.9. The molecule has 0 bridgehead atoms. The van der Waals surface area contributed by atoms with Crippen molar-refractivity contribution in [1.82, 2.24) is 0 Å². The molecular formula is C60H52N2. The van der Waals surface area contributed by atoms with E-state index in [0.717, 1.165) is 32.1 Å². The normalized spacial score (nSPS) is 18.6. The van der Waals surface area contributed by atoms with E-state index < -0.39 is 0 Å². The van der Waals surface area contributed by atoms with Gasteiger partial charge in [-0.15, -0.1) is 0 Å². The van der Waals surface area contributed by atoms with E-state index in [2.05, 4.69) is 213 Å². The Morgan fingerprint density at radius 1 is 0.532 bits per heavy atom. The van der Waals surface area contributed by atoms with Gasteiger partial charge in [-0.1, -0.05) is 137 Å². The molecule has 0 spiro atoms. The molecule has 1 atom stereocenters. The molecule has 0 fully saturated rings. The van der Waals surface area contributed by atoms with Gasteiger partial charge in [0.05, 0.1) is 0 Å². The summed E-state index contributed by atoms with van der Waals surface area (Å²) in [6.45, 7) is 9.98. The number of anilines is 5. The Labute approximate surface area is 366 Å². The van der Waals surface area contributed by atoms with Gasteiger partial charge >= 0.3 is 0 Å². The van der Waals surface area contributed by atoms with Crippen LogP contribution in [0.15, 0.2) is 187 Å². The van der Waals surface area contributed by atoms with Crippen LogP contribution in [0.2, 0.25) is 0 Å². The van der Waals surface area contributed by atoms with Crippen molar-refractivity contribution in [2.45, 2.75) is 70.6 Å². The minimum atomic E-state index is -0.152. The van der Waals surface area contributed by atoms with Gasteiger partial charge < -0.3 is 9.80 Å². The molecule has 5 aliphatic carbocycles. The molecule has 62 heavy (non-hydrogen) atoms. The Balaban J connectivity index is 1.01. The molecule has 7 aromatic rings. The summed E-state index contributed by atoms with van der Waals surface area (Å²) in [5.74, 6) is 0.376. The molecule has 0 N–H and O–H groups in total. The van der Waals surface area contributed by atoms with Crippen molar-refractivity contribution in [3.8, 4) is 0 Å². The van der Waals surface area contributed by atoms with E-state index in [9.17, 15) is 0 Å². The molecule has 0 aromatic heterocycles. The number of benzene rings is 7. The van der Waals surface area contributed by atoms with Crippen LogP contribution in [-0.2, 0) is 17.3 Å². The molecule has 5 aliphatic rings. The molecule has 1 unspecified atom stereocenters. The summed E-state index contributed by atoms with van der Waals surface area (Å²) < 4.78 is 0. The molecule has 0 amide bonds. The predicted octanol–water partition coefficient (Wildman–Crippen LogP) is 14.0. The Morgan fingerprint density at radius 2 is 1.23 bits per heavy atom. The molecule has 12 rings (SSSR count). The molecule has 2 heteroatoms. The first kappa shape index (κ1) is 37.1. The van der Waals surface area contributed by atoms with Crippen molar-refractivity contribution < 1.29 is 0 Å². The number of hydrogen-bond acceptors (Lipinski definition) is 2. The molecular weight excluding hydrogens is 749 g/mol. The fourth-order valence-corrected chi connectivity index (χ4v) is 11.9.